The van der Waals surface area contributed by atoms with E-state index in [0.717, 1.165) is 29.6 Å². The standard InChI is InChI=1S/C17H26I2/c1-2-12-4-3-5-13-10-14(7-9-18)16-15(13)6-8-17(16,19)11-12/h3-4,12-16H,2,5-11H2,1H3/b4-3-. The Labute approximate surface area is 145 Å². The van der Waals surface area contributed by atoms with E-state index in [0.29, 0.717) is 3.42 Å². The first-order valence-corrected chi connectivity index (χ1v) is 10.7. The fourth-order valence-electron chi connectivity index (χ4n) is 5.32. The van der Waals surface area contributed by atoms with Crippen molar-refractivity contribution in [2.24, 2.45) is 29.6 Å². The van der Waals surface area contributed by atoms with Crippen LogP contribution in [0.4, 0.5) is 0 Å². The molecule has 2 saturated carbocycles. The van der Waals surface area contributed by atoms with Gasteiger partial charge in [0.2, 0.25) is 0 Å². The van der Waals surface area contributed by atoms with Crippen molar-refractivity contribution in [1.82, 2.24) is 0 Å². The van der Waals surface area contributed by atoms with Crippen LogP contribution in [0.15, 0.2) is 12.2 Å². The fourth-order valence-corrected chi connectivity index (χ4v) is 7.97. The van der Waals surface area contributed by atoms with Gasteiger partial charge < -0.3 is 0 Å². The van der Waals surface area contributed by atoms with Crippen LogP contribution in [0.1, 0.15) is 51.9 Å². The third-order valence-electron chi connectivity index (χ3n) is 6.12. The van der Waals surface area contributed by atoms with Gasteiger partial charge in [-0.2, -0.15) is 0 Å². The van der Waals surface area contributed by atoms with Gasteiger partial charge in [0.25, 0.3) is 0 Å². The van der Waals surface area contributed by atoms with Crippen LogP contribution in [-0.4, -0.2) is 7.85 Å². The highest BCUT2D eigenvalue weighted by atomic mass is 127. The summed E-state index contributed by atoms with van der Waals surface area (Å²) in [5.74, 6) is 5.00. The van der Waals surface area contributed by atoms with E-state index in [1.165, 1.54) is 49.4 Å². The highest BCUT2D eigenvalue weighted by Crippen LogP contribution is 2.62. The molecule has 0 radical (unpaired) electrons. The molecule has 0 spiro atoms. The lowest BCUT2D eigenvalue weighted by Crippen LogP contribution is -2.33. The van der Waals surface area contributed by atoms with Gasteiger partial charge in [-0.1, -0.05) is 64.3 Å². The number of alkyl halides is 2. The van der Waals surface area contributed by atoms with Gasteiger partial charge in [-0.3, -0.25) is 0 Å². The van der Waals surface area contributed by atoms with Crippen molar-refractivity contribution < 1.29 is 0 Å². The number of hydrogen-bond donors (Lipinski definition) is 0. The third kappa shape index (κ3) is 2.78. The van der Waals surface area contributed by atoms with Crippen LogP contribution in [0.5, 0.6) is 0 Å². The summed E-state index contributed by atoms with van der Waals surface area (Å²) in [4.78, 5) is 0. The smallest absolute Gasteiger partial charge is 0.0261 e. The number of allylic oxidation sites excluding steroid dienone is 2. The van der Waals surface area contributed by atoms with Crippen LogP contribution in [0.25, 0.3) is 0 Å². The van der Waals surface area contributed by atoms with Crippen molar-refractivity contribution >= 4 is 45.2 Å². The molecular formula is C17H26I2. The van der Waals surface area contributed by atoms with E-state index in [1.54, 1.807) is 0 Å². The molecule has 0 saturated heterocycles. The van der Waals surface area contributed by atoms with Gasteiger partial charge in [0.15, 0.2) is 0 Å². The highest BCUT2D eigenvalue weighted by Gasteiger charge is 2.56. The van der Waals surface area contributed by atoms with Crippen LogP contribution in [0.3, 0.4) is 0 Å². The maximum Gasteiger partial charge on any atom is 0.0261 e. The summed E-state index contributed by atoms with van der Waals surface area (Å²) in [5.41, 5.74) is 0. The summed E-state index contributed by atoms with van der Waals surface area (Å²) < 4.78 is 1.99. The van der Waals surface area contributed by atoms with Crippen molar-refractivity contribution in [3.8, 4) is 0 Å². The first kappa shape index (κ1) is 15.1. The molecule has 0 aromatic carbocycles. The lowest BCUT2D eigenvalue weighted by molar-refractivity contribution is 0.272. The zero-order chi connectivity index (χ0) is 13.5. The molecule has 3 aliphatic rings. The summed E-state index contributed by atoms with van der Waals surface area (Å²) >= 11 is 5.49. The molecule has 0 N–H and O–H groups in total. The van der Waals surface area contributed by atoms with E-state index in [-0.39, 0.29) is 0 Å². The molecule has 6 unspecified atom stereocenters. The molecular weight excluding hydrogens is 458 g/mol. The first-order chi connectivity index (χ1) is 9.18. The predicted octanol–water partition coefficient (Wildman–Crippen LogP) is 6.02. The average molecular weight is 484 g/mol. The average Bonchev–Trinajstić information content (AvgIpc) is 2.92. The SMILES string of the molecule is CCC1/C=C\CC2CC(CCI)C3C2CCC3(I)C1. The van der Waals surface area contributed by atoms with Crippen molar-refractivity contribution in [2.45, 2.75) is 55.3 Å². The summed E-state index contributed by atoms with van der Waals surface area (Å²) in [6.07, 6.45) is 15.3. The number of hydrogen-bond acceptors (Lipinski definition) is 0. The van der Waals surface area contributed by atoms with Gasteiger partial charge in [-0.15, -0.1) is 0 Å². The second kappa shape index (κ2) is 6.13. The molecule has 2 heteroatoms. The van der Waals surface area contributed by atoms with Crippen molar-refractivity contribution in [3.05, 3.63) is 12.2 Å². The van der Waals surface area contributed by atoms with E-state index in [4.69, 9.17) is 0 Å². The summed E-state index contributed by atoms with van der Waals surface area (Å²) in [6.45, 7) is 2.37. The van der Waals surface area contributed by atoms with E-state index in [9.17, 15) is 0 Å². The second-order valence-electron chi connectivity index (χ2n) is 7.03. The van der Waals surface area contributed by atoms with E-state index >= 15 is 0 Å². The van der Waals surface area contributed by atoms with Crippen molar-refractivity contribution in [1.29, 1.82) is 0 Å². The van der Waals surface area contributed by atoms with Gasteiger partial charge in [0.05, 0.1) is 0 Å². The minimum atomic E-state index is 0.628. The van der Waals surface area contributed by atoms with E-state index in [2.05, 4.69) is 64.3 Å². The Morgan fingerprint density at radius 1 is 1.37 bits per heavy atom. The van der Waals surface area contributed by atoms with Gasteiger partial charge in [0.1, 0.15) is 0 Å². The topological polar surface area (TPSA) is 0 Å². The Balaban J connectivity index is 1.90. The first-order valence-electron chi connectivity index (χ1n) is 8.09. The van der Waals surface area contributed by atoms with Gasteiger partial charge in [-0.25, -0.2) is 0 Å². The lowest BCUT2D eigenvalue weighted by Gasteiger charge is -2.36. The van der Waals surface area contributed by atoms with Crippen LogP contribution in [0.2, 0.25) is 0 Å². The van der Waals surface area contributed by atoms with Crippen molar-refractivity contribution in [2.75, 3.05) is 4.43 Å². The van der Waals surface area contributed by atoms with E-state index < -0.39 is 0 Å². The molecule has 0 aromatic rings. The molecule has 19 heavy (non-hydrogen) atoms. The van der Waals surface area contributed by atoms with Gasteiger partial charge in [0, 0.05) is 3.42 Å². The monoisotopic (exact) mass is 484 g/mol. The van der Waals surface area contributed by atoms with Gasteiger partial charge >= 0.3 is 0 Å². The maximum atomic E-state index is 2.90. The molecule has 0 nitrogen and oxygen atoms in total. The Bertz CT molecular complexity index is 351. The second-order valence-corrected chi connectivity index (χ2v) is 10.3. The van der Waals surface area contributed by atoms with Crippen LogP contribution < -0.4 is 0 Å². The summed E-state index contributed by atoms with van der Waals surface area (Å²) in [6, 6.07) is 0. The van der Waals surface area contributed by atoms with Crippen LogP contribution in [0, 0.1) is 29.6 Å². The van der Waals surface area contributed by atoms with Crippen molar-refractivity contribution in [3.63, 3.8) is 0 Å². The number of halogens is 2. The molecule has 0 amide bonds. The molecule has 3 aliphatic carbocycles. The zero-order valence-corrected chi connectivity index (χ0v) is 16.3. The summed E-state index contributed by atoms with van der Waals surface area (Å²) in [5, 5.41) is 0. The Hall–Kier alpha value is 1.20. The maximum absolute atomic E-state index is 2.90. The quantitative estimate of drug-likeness (QED) is 0.261. The minimum absolute atomic E-state index is 0.628. The molecule has 3 rings (SSSR count). The molecule has 108 valence electrons. The molecule has 4 bridgehead atoms. The normalized spacial score (nSPS) is 50.6. The Morgan fingerprint density at radius 3 is 2.95 bits per heavy atom. The Morgan fingerprint density at radius 2 is 2.21 bits per heavy atom. The lowest BCUT2D eigenvalue weighted by atomic mass is 9.78. The Kier molecular flexibility index (Phi) is 4.88. The molecule has 0 aromatic heterocycles. The molecule has 2 fully saturated rings. The molecule has 0 heterocycles. The minimum Gasteiger partial charge on any atom is -0.0880 e. The van der Waals surface area contributed by atoms with Crippen LogP contribution >= 0.6 is 45.2 Å². The zero-order valence-electron chi connectivity index (χ0n) is 12.0. The fraction of sp³-hybridized carbons (Fsp3) is 0.882. The summed E-state index contributed by atoms with van der Waals surface area (Å²) in [7, 11) is 0. The highest BCUT2D eigenvalue weighted by molar-refractivity contribution is 14.1. The molecule has 6 atom stereocenters. The van der Waals surface area contributed by atoms with Crippen LogP contribution in [-0.2, 0) is 0 Å². The third-order valence-corrected chi connectivity index (χ3v) is 8.45. The van der Waals surface area contributed by atoms with Gasteiger partial charge in [-0.05, 0) is 79.0 Å². The predicted molar refractivity (Wildman–Crippen MR) is 100 cm³/mol. The number of rotatable bonds is 3. The van der Waals surface area contributed by atoms with E-state index in [1.807, 2.05) is 0 Å². The molecule has 0 aliphatic heterocycles. The largest absolute Gasteiger partial charge is 0.0880 e.